The summed E-state index contributed by atoms with van der Waals surface area (Å²) in [7, 11) is 1.60. The third-order valence-corrected chi connectivity index (χ3v) is 3.93. The lowest BCUT2D eigenvalue weighted by molar-refractivity contribution is 0.0950. The Morgan fingerprint density at radius 1 is 1.56 bits per heavy atom. The second kappa shape index (κ2) is 8.38. The molecule has 0 spiro atoms. The average Bonchev–Trinajstić information content (AvgIpc) is 2.85. The van der Waals surface area contributed by atoms with E-state index in [1.54, 1.807) is 13.2 Å². The lowest BCUT2D eigenvalue weighted by Crippen LogP contribution is -2.29. The lowest BCUT2D eigenvalue weighted by Gasteiger charge is -2.15. The zero-order valence-corrected chi connectivity index (χ0v) is 12.4. The second-order valence-electron chi connectivity index (χ2n) is 4.19. The van der Waals surface area contributed by atoms with Crippen molar-refractivity contribution in [3.05, 3.63) is 16.3 Å². The summed E-state index contributed by atoms with van der Waals surface area (Å²) in [5.74, 6) is 1.82. The zero-order valence-electron chi connectivity index (χ0n) is 10.9. The SMILES string of the molecule is CCCC(CCCl)CNC(=O)c1cc(OC)cs1. The number of carbonyl (C=O) groups is 1. The quantitative estimate of drug-likeness (QED) is 0.744. The first-order valence-corrected chi connectivity index (χ1v) is 7.59. The first-order valence-electron chi connectivity index (χ1n) is 6.18. The molecule has 0 fully saturated rings. The minimum atomic E-state index is -0.0287. The van der Waals surface area contributed by atoms with Crippen LogP contribution in [0.4, 0.5) is 0 Å². The van der Waals surface area contributed by atoms with Crippen molar-refractivity contribution in [1.82, 2.24) is 5.32 Å². The normalized spacial score (nSPS) is 12.2. The van der Waals surface area contributed by atoms with E-state index in [-0.39, 0.29) is 5.91 Å². The number of halogens is 1. The summed E-state index contributed by atoms with van der Waals surface area (Å²) >= 11 is 7.16. The van der Waals surface area contributed by atoms with E-state index in [1.165, 1.54) is 11.3 Å². The van der Waals surface area contributed by atoms with Gasteiger partial charge < -0.3 is 10.1 Å². The summed E-state index contributed by atoms with van der Waals surface area (Å²) in [5.41, 5.74) is 0. The Balaban J connectivity index is 2.43. The number of nitrogens with one attached hydrogen (secondary N) is 1. The molecule has 1 rings (SSSR count). The Kier molecular flexibility index (Phi) is 7.13. The van der Waals surface area contributed by atoms with Crippen LogP contribution in [0, 0.1) is 5.92 Å². The molecule has 1 heterocycles. The maximum absolute atomic E-state index is 11.9. The van der Waals surface area contributed by atoms with Gasteiger partial charge in [-0.2, -0.15) is 0 Å². The average molecular weight is 290 g/mol. The van der Waals surface area contributed by atoms with Gasteiger partial charge in [0.25, 0.3) is 5.91 Å². The van der Waals surface area contributed by atoms with Gasteiger partial charge in [-0.25, -0.2) is 0 Å². The van der Waals surface area contributed by atoms with Crippen LogP contribution in [0.25, 0.3) is 0 Å². The highest BCUT2D eigenvalue weighted by Crippen LogP contribution is 2.21. The van der Waals surface area contributed by atoms with E-state index in [2.05, 4.69) is 12.2 Å². The number of alkyl halides is 1. The van der Waals surface area contributed by atoms with Crippen LogP contribution in [-0.4, -0.2) is 25.4 Å². The van der Waals surface area contributed by atoms with E-state index < -0.39 is 0 Å². The standard InChI is InChI=1S/C13H20ClNO2S/c1-3-4-10(5-6-14)8-15-13(16)12-7-11(17-2)9-18-12/h7,9-10H,3-6,8H2,1-2H3,(H,15,16). The van der Waals surface area contributed by atoms with Gasteiger partial charge in [0, 0.05) is 23.9 Å². The number of carbonyl (C=O) groups excluding carboxylic acids is 1. The fourth-order valence-corrected chi connectivity index (χ4v) is 2.86. The van der Waals surface area contributed by atoms with Crippen molar-refractivity contribution in [3.63, 3.8) is 0 Å². The highest BCUT2D eigenvalue weighted by molar-refractivity contribution is 7.12. The summed E-state index contributed by atoms with van der Waals surface area (Å²) in [6, 6.07) is 1.76. The largest absolute Gasteiger partial charge is 0.496 e. The van der Waals surface area contributed by atoms with Gasteiger partial charge in [-0.1, -0.05) is 13.3 Å². The molecule has 0 saturated carbocycles. The van der Waals surface area contributed by atoms with Crippen molar-refractivity contribution in [1.29, 1.82) is 0 Å². The zero-order chi connectivity index (χ0) is 13.4. The number of rotatable bonds is 8. The van der Waals surface area contributed by atoms with Crippen LogP contribution >= 0.6 is 22.9 Å². The molecule has 0 aliphatic rings. The molecule has 1 unspecified atom stereocenters. The predicted molar refractivity (Wildman–Crippen MR) is 76.9 cm³/mol. The van der Waals surface area contributed by atoms with Gasteiger partial charge in [-0.3, -0.25) is 4.79 Å². The number of thiophene rings is 1. The van der Waals surface area contributed by atoms with E-state index in [9.17, 15) is 4.79 Å². The number of methoxy groups -OCH3 is 1. The first-order chi connectivity index (χ1) is 8.71. The molecule has 0 radical (unpaired) electrons. The Hall–Kier alpha value is -0.740. The van der Waals surface area contributed by atoms with Crippen LogP contribution in [0.5, 0.6) is 5.75 Å². The molecule has 18 heavy (non-hydrogen) atoms. The molecule has 1 amide bonds. The van der Waals surface area contributed by atoms with Gasteiger partial charge in [0.05, 0.1) is 12.0 Å². The highest BCUT2D eigenvalue weighted by Gasteiger charge is 2.12. The minimum absolute atomic E-state index is 0.0287. The summed E-state index contributed by atoms with van der Waals surface area (Å²) in [6.45, 7) is 2.84. The van der Waals surface area contributed by atoms with E-state index >= 15 is 0 Å². The molecule has 1 aromatic heterocycles. The summed E-state index contributed by atoms with van der Waals surface area (Å²) in [6.07, 6.45) is 3.16. The van der Waals surface area contributed by atoms with Crippen molar-refractivity contribution in [2.75, 3.05) is 19.5 Å². The van der Waals surface area contributed by atoms with Crippen LogP contribution in [0.2, 0.25) is 0 Å². The van der Waals surface area contributed by atoms with Crippen molar-refractivity contribution in [2.45, 2.75) is 26.2 Å². The Morgan fingerprint density at radius 3 is 2.89 bits per heavy atom. The van der Waals surface area contributed by atoms with Gasteiger partial charge in [-0.15, -0.1) is 22.9 Å². The van der Waals surface area contributed by atoms with Crippen LogP contribution in [-0.2, 0) is 0 Å². The molecule has 1 aromatic rings. The third kappa shape index (κ3) is 4.86. The molecule has 0 aliphatic carbocycles. The van der Waals surface area contributed by atoms with Crippen molar-refractivity contribution in [3.8, 4) is 5.75 Å². The van der Waals surface area contributed by atoms with Gasteiger partial charge in [0.1, 0.15) is 5.75 Å². The summed E-state index contributed by atoms with van der Waals surface area (Å²) in [4.78, 5) is 12.6. The number of ether oxygens (including phenoxy) is 1. The van der Waals surface area contributed by atoms with Gasteiger partial charge in [0.15, 0.2) is 0 Å². The van der Waals surface area contributed by atoms with Crippen LogP contribution in [0.3, 0.4) is 0 Å². The third-order valence-electron chi connectivity index (χ3n) is 2.80. The first kappa shape index (κ1) is 15.3. The molecular formula is C13H20ClNO2S. The smallest absolute Gasteiger partial charge is 0.261 e. The number of hydrogen-bond donors (Lipinski definition) is 1. The van der Waals surface area contributed by atoms with E-state index in [0.717, 1.165) is 25.0 Å². The number of hydrogen-bond acceptors (Lipinski definition) is 3. The van der Waals surface area contributed by atoms with Crippen LogP contribution < -0.4 is 10.1 Å². The maximum atomic E-state index is 11.9. The van der Waals surface area contributed by atoms with Crippen molar-refractivity contribution in [2.24, 2.45) is 5.92 Å². The van der Waals surface area contributed by atoms with E-state index in [1.807, 2.05) is 5.38 Å². The predicted octanol–water partition coefficient (Wildman–Crippen LogP) is 3.53. The molecule has 0 saturated heterocycles. The molecule has 1 atom stereocenters. The Bertz CT molecular complexity index is 362. The second-order valence-corrected chi connectivity index (χ2v) is 5.48. The molecular weight excluding hydrogens is 270 g/mol. The van der Waals surface area contributed by atoms with Gasteiger partial charge in [-0.05, 0) is 18.8 Å². The minimum Gasteiger partial charge on any atom is -0.496 e. The lowest BCUT2D eigenvalue weighted by atomic mass is 10.0. The fraction of sp³-hybridized carbons (Fsp3) is 0.615. The molecule has 1 N–H and O–H groups in total. The van der Waals surface area contributed by atoms with Crippen molar-refractivity contribution >= 4 is 28.8 Å². The Morgan fingerprint density at radius 2 is 2.33 bits per heavy atom. The van der Waals surface area contributed by atoms with Crippen LogP contribution in [0.15, 0.2) is 11.4 Å². The maximum Gasteiger partial charge on any atom is 0.261 e. The molecule has 0 aliphatic heterocycles. The highest BCUT2D eigenvalue weighted by atomic mass is 35.5. The molecule has 0 aromatic carbocycles. The number of amides is 1. The Labute approximate surface area is 117 Å². The van der Waals surface area contributed by atoms with Gasteiger partial charge >= 0.3 is 0 Å². The summed E-state index contributed by atoms with van der Waals surface area (Å²) in [5, 5.41) is 4.79. The molecule has 102 valence electrons. The fourth-order valence-electron chi connectivity index (χ4n) is 1.78. The topological polar surface area (TPSA) is 38.3 Å². The summed E-state index contributed by atoms with van der Waals surface area (Å²) < 4.78 is 5.06. The molecule has 5 heteroatoms. The molecule has 3 nitrogen and oxygen atoms in total. The monoisotopic (exact) mass is 289 g/mol. The van der Waals surface area contributed by atoms with E-state index in [4.69, 9.17) is 16.3 Å². The van der Waals surface area contributed by atoms with Crippen molar-refractivity contribution < 1.29 is 9.53 Å². The van der Waals surface area contributed by atoms with Gasteiger partial charge in [0.2, 0.25) is 0 Å². The van der Waals surface area contributed by atoms with Crippen LogP contribution in [0.1, 0.15) is 35.9 Å². The van der Waals surface area contributed by atoms with E-state index in [0.29, 0.717) is 23.2 Å². The molecule has 0 bridgehead atoms.